The van der Waals surface area contributed by atoms with Crippen LogP contribution in [-0.4, -0.2) is 28.2 Å². The standard InChI is InChI=1S/C16H17NO4/c1-3-21-16(20)13-7-5-12(6-8-13)10-17-11(2)4-9-14(17)15(18)19/h4-9H,3,10H2,1-2H3,(H,18,19). The van der Waals surface area contributed by atoms with Crippen molar-refractivity contribution >= 4 is 11.9 Å². The van der Waals surface area contributed by atoms with Crippen molar-refractivity contribution in [1.29, 1.82) is 0 Å². The summed E-state index contributed by atoms with van der Waals surface area (Å²) in [5, 5.41) is 9.15. The fourth-order valence-corrected chi connectivity index (χ4v) is 2.11. The molecule has 0 aliphatic heterocycles. The Balaban J connectivity index is 2.19. The Kier molecular flexibility index (Phi) is 4.42. The van der Waals surface area contributed by atoms with E-state index in [2.05, 4.69) is 0 Å². The molecule has 0 atom stereocenters. The summed E-state index contributed by atoms with van der Waals surface area (Å²) < 4.78 is 6.65. The number of hydrogen-bond donors (Lipinski definition) is 1. The third-order valence-electron chi connectivity index (χ3n) is 3.22. The lowest BCUT2D eigenvalue weighted by Gasteiger charge is -2.10. The SMILES string of the molecule is CCOC(=O)c1ccc(Cn2c(C)ccc2C(=O)O)cc1. The molecule has 0 saturated heterocycles. The molecule has 0 saturated carbocycles. The summed E-state index contributed by atoms with van der Waals surface area (Å²) in [5.74, 6) is -1.31. The minimum atomic E-state index is -0.953. The zero-order chi connectivity index (χ0) is 15.4. The Morgan fingerprint density at radius 1 is 1.14 bits per heavy atom. The number of carbonyl (C=O) groups excluding carboxylic acids is 1. The molecule has 0 radical (unpaired) electrons. The molecule has 0 fully saturated rings. The van der Waals surface area contributed by atoms with Crippen molar-refractivity contribution in [3.8, 4) is 0 Å². The van der Waals surface area contributed by atoms with E-state index in [4.69, 9.17) is 9.84 Å². The molecule has 0 unspecified atom stereocenters. The van der Waals surface area contributed by atoms with E-state index in [1.54, 1.807) is 47.9 Å². The van der Waals surface area contributed by atoms with Crippen LogP contribution >= 0.6 is 0 Å². The van der Waals surface area contributed by atoms with Gasteiger partial charge in [0.15, 0.2) is 0 Å². The van der Waals surface area contributed by atoms with Gasteiger partial charge in [-0.2, -0.15) is 0 Å². The van der Waals surface area contributed by atoms with E-state index < -0.39 is 5.97 Å². The van der Waals surface area contributed by atoms with Crippen molar-refractivity contribution in [3.05, 3.63) is 58.9 Å². The molecule has 5 heteroatoms. The Labute approximate surface area is 122 Å². The molecule has 1 aromatic heterocycles. The molecule has 1 aromatic carbocycles. The number of aromatic carboxylic acids is 1. The summed E-state index contributed by atoms with van der Waals surface area (Å²) in [4.78, 5) is 22.7. The van der Waals surface area contributed by atoms with Gasteiger partial charge >= 0.3 is 11.9 Å². The first kappa shape index (κ1) is 14.8. The number of aromatic nitrogens is 1. The number of carbonyl (C=O) groups is 2. The Morgan fingerprint density at radius 3 is 2.38 bits per heavy atom. The summed E-state index contributed by atoms with van der Waals surface area (Å²) in [5.41, 5.74) is 2.54. The average Bonchev–Trinajstić information content (AvgIpc) is 2.81. The first-order valence-corrected chi connectivity index (χ1v) is 6.68. The van der Waals surface area contributed by atoms with Gasteiger partial charge in [0.25, 0.3) is 0 Å². The molecule has 110 valence electrons. The lowest BCUT2D eigenvalue weighted by atomic mass is 10.1. The van der Waals surface area contributed by atoms with E-state index in [0.29, 0.717) is 18.7 Å². The lowest BCUT2D eigenvalue weighted by Crippen LogP contribution is -2.11. The third kappa shape index (κ3) is 3.31. The van der Waals surface area contributed by atoms with Crippen molar-refractivity contribution < 1.29 is 19.4 Å². The predicted octanol–water partition coefficient (Wildman–Crippen LogP) is 2.72. The predicted molar refractivity (Wildman–Crippen MR) is 77.6 cm³/mol. The van der Waals surface area contributed by atoms with Gasteiger partial charge in [0.05, 0.1) is 12.2 Å². The van der Waals surface area contributed by atoms with Gasteiger partial charge in [-0.15, -0.1) is 0 Å². The number of carboxylic acids is 1. The molecule has 1 N–H and O–H groups in total. The molecule has 0 amide bonds. The number of rotatable bonds is 5. The van der Waals surface area contributed by atoms with E-state index in [9.17, 15) is 9.59 Å². The molecule has 0 aliphatic rings. The van der Waals surface area contributed by atoms with Crippen LogP contribution in [0.15, 0.2) is 36.4 Å². The van der Waals surface area contributed by atoms with E-state index in [-0.39, 0.29) is 11.7 Å². The van der Waals surface area contributed by atoms with Crippen LogP contribution in [0.4, 0.5) is 0 Å². The molecule has 21 heavy (non-hydrogen) atoms. The van der Waals surface area contributed by atoms with Crippen molar-refractivity contribution in [2.24, 2.45) is 0 Å². The summed E-state index contributed by atoms with van der Waals surface area (Å²) in [6.07, 6.45) is 0. The van der Waals surface area contributed by atoms with Crippen molar-refractivity contribution in [2.45, 2.75) is 20.4 Å². The van der Waals surface area contributed by atoms with Gasteiger partial charge in [-0.25, -0.2) is 9.59 Å². The van der Waals surface area contributed by atoms with Gasteiger partial charge in [-0.05, 0) is 43.7 Å². The zero-order valence-corrected chi connectivity index (χ0v) is 12.0. The highest BCUT2D eigenvalue weighted by Gasteiger charge is 2.12. The minimum absolute atomic E-state index is 0.252. The fraction of sp³-hybridized carbons (Fsp3) is 0.250. The quantitative estimate of drug-likeness (QED) is 0.858. The van der Waals surface area contributed by atoms with Crippen LogP contribution in [0.1, 0.15) is 39.0 Å². The monoisotopic (exact) mass is 287 g/mol. The first-order valence-electron chi connectivity index (χ1n) is 6.68. The Morgan fingerprint density at radius 2 is 1.81 bits per heavy atom. The number of nitrogens with zero attached hydrogens (tertiary/aromatic N) is 1. The topological polar surface area (TPSA) is 68.5 Å². The smallest absolute Gasteiger partial charge is 0.352 e. The van der Waals surface area contributed by atoms with Crippen molar-refractivity contribution in [3.63, 3.8) is 0 Å². The Bertz CT molecular complexity index is 655. The van der Waals surface area contributed by atoms with Crippen LogP contribution in [0, 0.1) is 6.92 Å². The molecular weight excluding hydrogens is 270 g/mol. The number of ether oxygens (including phenoxy) is 1. The molecule has 1 heterocycles. The van der Waals surface area contributed by atoms with Crippen LogP contribution in [-0.2, 0) is 11.3 Å². The van der Waals surface area contributed by atoms with E-state index in [1.165, 1.54) is 0 Å². The number of esters is 1. The molecule has 0 bridgehead atoms. The van der Waals surface area contributed by atoms with Crippen LogP contribution in [0.3, 0.4) is 0 Å². The van der Waals surface area contributed by atoms with Crippen molar-refractivity contribution in [1.82, 2.24) is 4.57 Å². The summed E-state index contributed by atoms with van der Waals surface area (Å²) in [6.45, 7) is 4.41. The molecule has 2 rings (SSSR count). The maximum Gasteiger partial charge on any atom is 0.352 e. The van der Waals surface area contributed by atoms with Gasteiger partial charge in [-0.3, -0.25) is 0 Å². The second-order valence-corrected chi connectivity index (χ2v) is 4.67. The Hall–Kier alpha value is -2.56. The summed E-state index contributed by atoms with van der Waals surface area (Å²) in [6, 6.07) is 10.3. The molecule has 5 nitrogen and oxygen atoms in total. The van der Waals surface area contributed by atoms with Gasteiger partial charge in [0.1, 0.15) is 5.69 Å². The van der Waals surface area contributed by atoms with E-state index in [1.807, 2.05) is 6.92 Å². The van der Waals surface area contributed by atoms with Gasteiger partial charge in [0.2, 0.25) is 0 Å². The number of aryl methyl sites for hydroxylation is 1. The first-order chi connectivity index (χ1) is 10.0. The molecular formula is C16H17NO4. The summed E-state index contributed by atoms with van der Waals surface area (Å²) >= 11 is 0. The van der Waals surface area contributed by atoms with Crippen LogP contribution in [0.2, 0.25) is 0 Å². The van der Waals surface area contributed by atoms with E-state index in [0.717, 1.165) is 11.3 Å². The van der Waals surface area contributed by atoms with E-state index >= 15 is 0 Å². The highest BCUT2D eigenvalue weighted by Crippen LogP contribution is 2.13. The van der Waals surface area contributed by atoms with Crippen molar-refractivity contribution in [2.75, 3.05) is 6.61 Å². The second kappa shape index (κ2) is 6.26. The van der Waals surface area contributed by atoms with Gasteiger partial charge < -0.3 is 14.4 Å². The van der Waals surface area contributed by atoms with Crippen LogP contribution < -0.4 is 0 Å². The second-order valence-electron chi connectivity index (χ2n) is 4.67. The molecule has 2 aromatic rings. The van der Waals surface area contributed by atoms with Crippen LogP contribution in [0.5, 0.6) is 0 Å². The number of hydrogen-bond acceptors (Lipinski definition) is 3. The minimum Gasteiger partial charge on any atom is -0.477 e. The highest BCUT2D eigenvalue weighted by molar-refractivity contribution is 5.89. The van der Waals surface area contributed by atoms with Gasteiger partial charge in [0, 0.05) is 12.2 Å². The molecule has 0 spiro atoms. The fourth-order valence-electron chi connectivity index (χ4n) is 2.11. The maximum atomic E-state index is 11.6. The van der Waals surface area contributed by atoms with Gasteiger partial charge in [-0.1, -0.05) is 12.1 Å². The average molecular weight is 287 g/mol. The highest BCUT2D eigenvalue weighted by atomic mass is 16.5. The largest absolute Gasteiger partial charge is 0.477 e. The number of benzene rings is 1. The zero-order valence-electron chi connectivity index (χ0n) is 12.0. The summed E-state index contributed by atoms with van der Waals surface area (Å²) in [7, 11) is 0. The van der Waals surface area contributed by atoms with Crippen LogP contribution in [0.25, 0.3) is 0 Å². The number of carboxylic acid groups (broad SMARTS) is 1. The normalized spacial score (nSPS) is 10.4. The maximum absolute atomic E-state index is 11.6. The molecule has 0 aliphatic carbocycles. The lowest BCUT2D eigenvalue weighted by molar-refractivity contribution is 0.0526. The third-order valence-corrected chi connectivity index (χ3v) is 3.22.